The molecule has 4 nitrogen and oxygen atoms in total. The largest absolute Gasteiger partial charge is 0.321 e. The molecule has 1 aromatic carbocycles. The third kappa shape index (κ3) is 3.01. The molecule has 0 atom stereocenters. The van der Waals surface area contributed by atoms with Gasteiger partial charge in [0.15, 0.2) is 0 Å². The van der Waals surface area contributed by atoms with Crippen molar-refractivity contribution in [2.75, 3.05) is 5.32 Å². The summed E-state index contributed by atoms with van der Waals surface area (Å²) in [6, 6.07) is 10.7. The first-order valence-corrected chi connectivity index (χ1v) is 5.40. The number of aromatic nitrogens is 2. The van der Waals surface area contributed by atoms with Gasteiger partial charge >= 0.3 is 0 Å². The second kappa shape index (κ2) is 4.93. The summed E-state index contributed by atoms with van der Waals surface area (Å²) >= 11 is 5.69. The molecule has 1 aromatic heterocycles. The Morgan fingerprint density at radius 2 is 1.94 bits per heavy atom. The van der Waals surface area contributed by atoms with E-state index in [4.69, 9.17) is 11.6 Å². The van der Waals surface area contributed by atoms with Crippen molar-refractivity contribution < 1.29 is 4.79 Å². The van der Waals surface area contributed by atoms with Crippen LogP contribution in [0.1, 0.15) is 16.2 Å². The van der Waals surface area contributed by atoms with Gasteiger partial charge < -0.3 is 5.32 Å². The Morgan fingerprint density at radius 1 is 1.24 bits per heavy atom. The van der Waals surface area contributed by atoms with Crippen LogP contribution in [0.15, 0.2) is 36.4 Å². The molecule has 0 aliphatic carbocycles. The molecule has 0 aliphatic heterocycles. The van der Waals surface area contributed by atoms with Gasteiger partial charge in [0.2, 0.25) is 5.28 Å². The van der Waals surface area contributed by atoms with Crippen LogP contribution in [0.25, 0.3) is 0 Å². The molecular formula is C12H10ClN3O. The Bertz CT molecular complexity index is 522. The standard InChI is InChI=1S/C12H10ClN3O/c1-8-7-10(16-12(13)14-8)11(17)15-9-5-3-2-4-6-9/h2-7H,1H3,(H,15,17). The zero-order chi connectivity index (χ0) is 12.3. The highest BCUT2D eigenvalue weighted by Crippen LogP contribution is 2.09. The van der Waals surface area contributed by atoms with E-state index < -0.39 is 0 Å². The molecule has 0 bridgehead atoms. The molecule has 0 aliphatic rings. The number of hydrogen-bond acceptors (Lipinski definition) is 3. The quantitative estimate of drug-likeness (QED) is 0.830. The predicted octanol–water partition coefficient (Wildman–Crippen LogP) is 2.69. The van der Waals surface area contributed by atoms with E-state index in [9.17, 15) is 4.79 Å². The SMILES string of the molecule is Cc1cc(C(=O)Nc2ccccc2)nc(Cl)n1. The molecule has 0 saturated carbocycles. The molecule has 2 rings (SSSR count). The van der Waals surface area contributed by atoms with E-state index in [0.29, 0.717) is 11.4 Å². The zero-order valence-corrected chi connectivity index (χ0v) is 9.90. The number of para-hydroxylation sites is 1. The zero-order valence-electron chi connectivity index (χ0n) is 9.14. The summed E-state index contributed by atoms with van der Waals surface area (Å²) in [5.74, 6) is -0.302. The maximum Gasteiger partial charge on any atom is 0.274 e. The molecular weight excluding hydrogens is 238 g/mol. The molecule has 0 fully saturated rings. The second-order valence-electron chi connectivity index (χ2n) is 3.48. The van der Waals surface area contributed by atoms with Crippen molar-refractivity contribution in [3.05, 3.63) is 53.1 Å². The van der Waals surface area contributed by atoms with Gasteiger partial charge in [-0.1, -0.05) is 18.2 Å². The van der Waals surface area contributed by atoms with Gasteiger partial charge in [0, 0.05) is 11.4 Å². The van der Waals surface area contributed by atoms with Gasteiger partial charge in [-0.3, -0.25) is 4.79 Å². The van der Waals surface area contributed by atoms with Crippen LogP contribution in [0.3, 0.4) is 0 Å². The van der Waals surface area contributed by atoms with E-state index in [-0.39, 0.29) is 16.9 Å². The van der Waals surface area contributed by atoms with Crippen LogP contribution >= 0.6 is 11.6 Å². The van der Waals surface area contributed by atoms with Crippen LogP contribution in [0, 0.1) is 6.92 Å². The van der Waals surface area contributed by atoms with Gasteiger partial charge in [-0.05, 0) is 36.7 Å². The summed E-state index contributed by atoms with van der Waals surface area (Å²) in [7, 11) is 0. The third-order valence-corrected chi connectivity index (χ3v) is 2.26. The van der Waals surface area contributed by atoms with Crippen LogP contribution in [-0.2, 0) is 0 Å². The number of rotatable bonds is 2. The highest BCUT2D eigenvalue weighted by Gasteiger charge is 2.09. The normalized spacial score (nSPS) is 10.0. The van der Waals surface area contributed by atoms with Crippen molar-refractivity contribution in [1.82, 2.24) is 9.97 Å². The number of anilines is 1. The Balaban J connectivity index is 2.20. The van der Waals surface area contributed by atoms with E-state index in [0.717, 1.165) is 0 Å². The predicted molar refractivity (Wildman–Crippen MR) is 66.2 cm³/mol. The van der Waals surface area contributed by atoms with E-state index in [1.54, 1.807) is 25.1 Å². The lowest BCUT2D eigenvalue weighted by Gasteiger charge is -2.04. The molecule has 0 spiro atoms. The molecule has 0 radical (unpaired) electrons. The van der Waals surface area contributed by atoms with Crippen molar-refractivity contribution in [3.8, 4) is 0 Å². The molecule has 0 unspecified atom stereocenters. The summed E-state index contributed by atoms with van der Waals surface area (Å²) in [6.07, 6.45) is 0. The van der Waals surface area contributed by atoms with Crippen LogP contribution in [-0.4, -0.2) is 15.9 Å². The van der Waals surface area contributed by atoms with Gasteiger partial charge in [-0.2, -0.15) is 0 Å². The lowest BCUT2D eigenvalue weighted by Crippen LogP contribution is -2.14. The minimum absolute atomic E-state index is 0.0724. The molecule has 0 saturated heterocycles. The van der Waals surface area contributed by atoms with Crippen molar-refractivity contribution >= 4 is 23.2 Å². The summed E-state index contributed by atoms with van der Waals surface area (Å²) in [4.78, 5) is 19.6. The Kier molecular flexibility index (Phi) is 3.35. The number of nitrogens with one attached hydrogen (secondary N) is 1. The maximum absolute atomic E-state index is 11.9. The molecule has 1 N–H and O–H groups in total. The lowest BCUT2D eigenvalue weighted by molar-refractivity contribution is 0.102. The van der Waals surface area contributed by atoms with Crippen LogP contribution in [0.4, 0.5) is 5.69 Å². The molecule has 1 amide bonds. The Labute approximate surface area is 104 Å². The molecule has 2 aromatic rings. The summed E-state index contributed by atoms with van der Waals surface area (Å²) in [5, 5.41) is 2.80. The average molecular weight is 248 g/mol. The fourth-order valence-corrected chi connectivity index (χ4v) is 1.59. The third-order valence-electron chi connectivity index (χ3n) is 2.09. The number of amides is 1. The van der Waals surface area contributed by atoms with E-state index in [2.05, 4.69) is 15.3 Å². The fraction of sp³-hybridized carbons (Fsp3) is 0.0833. The fourth-order valence-electron chi connectivity index (χ4n) is 1.37. The van der Waals surface area contributed by atoms with Gasteiger partial charge in [0.25, 0.3) is 5.91 Å². The molecule has 86 valence electrons. The average Bonchev–Trinajstić information content (AvgIpc) is 2.29. The van der Waals surface area contributed by atoms with Crippen molar-refractivity contribution in [2.45, 2.75) is 6.92 Å². The number of carbonyl (C=O) groups is 1. The summed E-state index contributed by atoms with van der Waals surface area (Å²) in [6.45, 7) is 1.76. The summed E-state index contributed by atoms with van der Waals surface area (Å²) in [5.41, 5.74) is 1.62. The van der Waals surface area contributed by atoms with Crippen LogP contribution in [0.5, 0.6) is 0 Å². The van der Waals surface area contributed by atoms with E-state index in [1.807, 2.05) is 18.2 Å². The van der Waals surface area contributed by atoms with Crippen molar-refractivity contribution in [3.63, 3.8) is 0 Å². The summed E-state index contributed by atoms with van der Waals surface area (Å²) < 4.78 is 0. The number of halogens is 1. The first kappa shape index (κ1) is 11.5. The van der Waals surface area contributed by atoms with E-state index >= 15 is 0 Å². The van der Waals surface area contributed by atoms with Gasteiger partial charge in [0.05, 0.1) is 0 Å². The van der Waals surface area contributed by atoms with Gasteiger partial charge in [-0.25, -0.2) is 9.97 Å². The second-order valence-corrected chi connectivity index (χ2v) is 3.82. The number of carbonyl (C=O) groups excluding carboxylic acids is 1. The van der Waals surface area contributed by atoms with Crippen LogP contribution in [0.2, 0.25) is 5.28 Å². The van der Waals surface area contributed by atoms with Crippen LogP contribution < -0.4 is 5.32 Å². The number of nitrogens with zero attached hydrogens (tertiary/aromatic N) is 2. The lowest BCUT2D eigenvalue weighted by atomic mass is 10.3. The van der Waals surface area contributed by atoms with Crippen molar-refractivity contribution in [2.24, 2.45) is 0 Å². The topological polar surface area (TPSA) is 54.9 Å². The highest BCUT2D eigenvalue weighted by atomic mass is 35.5. The van der Waals surface area contributed by atoms with Gasteiger partial charge in [-0.15, -0.1) is 0 Å². The van der Waals surface area contributed by atoms with Crippen molar-refractivity contribution in [1.29, 1.82) is 0 Å². The Morgan fingerprint density at radius 3 is 2.59 bits per heavy atom. The van der Waals surface area contributed by atoms with Gasteiger partial charge in [0.1, 0.15) is 5.69 Å². The minimum Gasteiger partial charge on any atom is -0.321 e. The van der Waals surface area contributed by atoms with E-state index in [1.165, 1.54) is 0 Å². The highest BCUT2D eigenvalue weighted by molar-refractivity contribution is 6.28. The first-order valence-electron chi connectivity index (χ1n) is 5.03. The maximum atomic E-state index is 11.9. The smallest absolute Gasteiger partial charge is 0.274 e. The number of hydrogen-bond donors (Lipinski definition) is 1. The molecule has 5 heteroatoms. The number of benzene rings is 1. The first-order chi connectivity index (χ1) is 8.15. The molecule has 1 heterocycles. The Hall–Kier alpha value is -1.94. The number of aryl methyl sites for hydroxylation is 1. The monoisotopic (exact) mass is 247 g/mol. The molecule has 17 heavy (non-hydrogen) atoms. The minimum atomic E-state index is -0.302.